The number of aromatic nitrogens is 2. The quantitative estimate of drug-likeness (QED) is 0.809. The summed E-state index contributed by atoms with van der Waals surface area (Å²) in [4.78, 5) is 10.8. The molecular weight excluding hydrogens is 204 g/mol. The first-order valence-corrected chi connectivity index (χ1v) is 5.63. The van der Waals surface area contributed by atoms with Crippen LogP contribution in [-0.4, -0.2) is 36.3 Å². The van der Waals surface area contributed by atoms with Crippen LogP contribution in [0.2, 0.25) is 0 Å². The fraction of sp³-hybridized carbons (Fsp3) is 0.636. The van der Waals surface area contributed by atoms with Gasteiger partial charge in [0.2, 0.25) is 0 Å². The second-order valence-corrected chi connectivity index (χ2v) is 4.02. The second-order valence-electron chi connectivity index (χ2n) is 4.02. The van der Waals surface area contributed by atoms with Crippen molar-refractivity contribution in [3.05, 3.63) is 18.1 Å². The molecule has 0 aromatic carbocycles. The Bertz CT molecular complexity index is 321. The van der Waals surface area contributed by atoms with Crippen molar-refractivity contribution in [2.75, 3.05) is 25.2 Å². The van der Waals surface area contributed by atoms with Gasteiger partial charge in [-0.3, -0.25) is 4.98 Å². The predicted molar refractivity (Wildman–Crippen MR) is 62.2 cm³/mol. The van der Waals surface area contributed by atoms with Gasteiger partial charge in [-0.25, -0.2) is 4.98 Å². The molecule has 0 bridgehead atoms. The normalized spacial score (nSPS) is 17.4. The van der Waals surface area contributed by atoms with Gasteiger partial charge >= 0.3 is 0 Å². The molecular formula is C11H18N4O. The maximum absolute atomic E-state index is 5.49. The van der Waals surface area contributed by atoms with E-state index < -0.39 is 0 Å². The Labute approximate surface area is 95.6 Å². The molecule has 2 N–H and O–H groups in total. The molecule has 2 rings (SSSR count). The Hall–Kier alpha value is -1.20. The van der Waals surface area contributed by atoms with Crippen LogP contribution in [0.4, 0.5) is 5.82 Å². The van der Waals surface area contributed by atoms with E-state index in [4.69, 9.17) is 10.5 Å². The third-order valence-electron chi connectivity index (χ3n) is 3.00. The number of anilines is 1. The molecule has 0 aliphatic carbocycles. The van der Waals surface area contributed by atoms with Gasteiger partial charge in [0.15, 0.2) is 0 Å². The SMILES string of the molecule is CN(c1cnc(CN)cn1)C1CCOCC1. The van der Waals surface area contributed by atoms with Gasteiger partial charge in [0.25, 0.3) is 0 Å². The molecule has 0 saturated carbocycles. The lowest BCUT2D eigenvalue weighted by atomic mass is 10.1. The number of nitrogens with zero attached hydrogens (tertiary/aromatic N) is 3. The highest BCUT2D eigenvalue weighted by atomic mass is 16.5. The van der Waals surface area contributed by atoms with E-state index in [-0.39, 0.29) is 0 Å². The van der Waals surface area contributed by atoms with Crippen molar-refractivity contribution >= 4 is 5.82 Å². The summed E-state index contributed by atoms with van der Waals surface area (Å²) < 4.78 is 5.34. The lowest BCUT2D eigenvalue weighted by Gasteiger charge is -2.31. The lowest BCUT2D eigenvalue weighted by molar-refractivity contribution is 0.0853. The van der Waals surface area contributed by atoms with Crippen LogP contribution in [0.15, 0.2) is 12.4 Å². The maximum Gasteiger partial charge on any atom is 0.147 e. The Kier molecular flexibility index (Phi) is 3.69. The van der Waals surface area contributed by atoms with E-state index in [0.29, 0.717) is 12.6 Å². The minimum absolute atomic E-state index is 0.439. The summed E-state index contributed by atoms with van der Waals surface area (Å²) in [6.07, 6.45) is 5.64. The zero-order valence-corrected chi connectivity index (χ0v) is 9.59. The van der Waals surface area contributed by atoms with Crippen molar-refractivity contribution in [3.63, 3.8) is 0 Å². The largest absolute Gasteiger partial charge is 0.381 e. The fourth-order valence-corrected chi connectivity index (χ4v) is 1.90. The zero-order chi connectivity index (χ0) is 11.4. The molecule has 1 aromatic heterocycles. The van der Waals surface area contributed by atoms with E-state index in [2.05, 4.69) is 21.9 Å². The van der Waals surface area contributed by atoms with E-state index in [9.17, 15) is 0 Å². The Morgan fingerprint density at radius 3 is 2.69 bits per heavy atom. The van der Waals surface area contributed by atoms with Crippen molar-refractivity contribution in [3.8, 4) is 0 Å². The van der Waals surface area contributed by atoms with Gasteiger partial charge in [0, 0.05) is 32.8 Å². The van der Waals surface area contributed by atoms with Gasteiger partial charge in [-0.1, -0.05) is 0 Å². The zero-order valence-electron chi connectivity index (χ0n) is 9.59. The van der Waals surface area contributed by atoms with Crippen LogP contribution >= 0.6 is 0 Å². The molecule has 0 amide bonds. The molecule has 1 fully saturated rings. The molecule has 5 nitrogen and oxygen atoms in total. The number of ether oxygens (including phenoxy) is 1. The number of hydrogen-bond donors (Lipinski definition) is 1. The molecule has 1 saturated heterocycles. The molecule has 5 heteroatoms. The van der Waals surface area contributed by atoms with E-state index in [1.54, 1.807) is 12.4 Å². The van der Waals surface area contributed by atoms with E-state index >= 15 is 0 Å². The van der Waals surface area contributed by atoms with Crippen LogP contribution in [0.3, 0.4) is 0 Å². The molecule has 0 unspecified atom stereocenters. The lowest BCUT2D eigenvalue weighted by Crippen LogP contribution is -2.37. The summed E-state index contributed by atoms with van der Waals surface area (Å²) in [6.45, 7) is 2.11. The van der Waals surface area contributed by atoms with Crippen LogP contribution in [-0.2, 0) is 11.3 Å². The number of rotatable bonds is 3. The van der Waals surface area contributed by atoms with Crippen LogP contribution in [0.25, 0.3) is 0 Å². The summed E-state index contributed by atoms with van der Waals surface area (Å²) in [5, 5.41) is 0. The summed E-state index contributed by atoms with van der Waals surface area (Å²) in [5.74, 6) is 0.907. The molecule has 1 aromatic rings. The first kappa shape index (κ1) is 11.3. The van der Waals surface area contributed by atoms with Crippen molar-refractivity contribution in [1.82, 2.24) is 9.97 Å². The summed E-state index contributed by atoms with van der Waals surface area (Å²) in [6, 6.07) is 0.506. The van der Waals surface area contributed by atoms with Crippen LogP contribution in [0, 0.1) is 0 Å². The average Bonchev–Trinajstić information content (AvgIpc) is 2.39. The first-order valence-electron chi connectivity index (χ1n) is 5.63. The number of nitrogens with two attached hydrogens (primary N) is 1. The minimum Gasteiger partial charge on any atom is -0.381 e. The third-order valence-corrected chi connectivity index (χ3v) is 3.00. The van der Waals surface area contributed by atoms with Gasteiger partial charge in [-0.05, 0) is 12.8 Å². The van der Waals surface area contributed by atoms with Crippen molar-refractivity contribution in [2.24, 2.45) is 5.73 Å². The Morgan fingerprint density at radius 1 is 1.38 bits per heavy atom. The molecule has 0 radical (unpaired) electrons. The van der Waals surface area contributed by atoms with Crippen LogP contribution in [0.5, 0.6) is 0 Å². The Balaban J connectivity index is 2.04. The monoisotopic (exact) mass is 222 g/mol. The van der Waals surface area contributed by atoms with Crippen molar-refractivity contribution in [2.45, 2.75) is 25.4 Å². The molecule has 2 heterocycles. The fourth-order valence-electron chi connectivity index (χ4n) is 1.90. The summed E-state index contributed by atoms with van der Waals surface area (Å²) in [5.41, 5.74) is 6.31. The highest BCUT2D eigenvalue weighted by Gasteiger charge is 2.19. The van der Waals surface area contributed by atoms with E-state index in [0.717, 1.165) is 37.6 Å². The molecule has 88 valence electrons. The standard InChI is InChI=1S/C11H18N4O/c1-15(10-2-4-16-5-3-10)11-8-13-9(6-12)7-14-11/h7-8,10H,2-6,12H2,1H3. The first-order chi connectivity index (χ1) is 7.81. The third kappa shape index (κ3) is 2.48. The smallest absolute Gasteiger partial charge is 0.147 e. The molecule has 0 spiro atoms. The Morgan fingerprint density at radius 2 is 2.12 bits per heavy atom. The highest BCUT2D eigenvalue weighted by molar-refractivity contribution is 5.36. The van der Waals surface area contributed by atoms with Gasteiger partial charge in [-0.15, -0.1) is 0 Å². The predicted octanol–water partition coefficient (Wildman–Crippen LogP) is 0.550. The second kappa shape index (κ2) is 5.23. The highest BCUT2D eigenvalue weighted by Crippen LogP contribution is 2.18. The summed E-state index contributed by atoms with van der Waals surface area (Å²) in [7, 11) is 2.06. The molecule has 1 aliphatic heterocycles. The van der Waals surface area contributed by atoms with E-state index in [1.807, 2.05) is 0 Å². The van der Waals surface area contributed by atoms with Gasteiger partial charge < -0.3 is 15.4 Å². The molecule has 0 atom stereocenters. The van der Waals surface area contributed by atoms with Crippen molar-refractivity contribution < 1.29 is 4.74 Å². The number of hydrogen-bond acceptors (Lipinski definition) is 5. The van der Waals surface area contributed by atoms with Gasteiger partial charge in [0.05, 0.1) is 18.1 Å². The van der Waals surface area contributed by atoms with Crippen molar-refractivity contribution in [1.29, 1.82) is 0 Å². The topological polar surface area (TPSA) is 64.3 Å². The average molecular weight is 222 g/mol. The summed E-state index contributed by atoms with van der Waals surface area (Å²) >= 11 is 0. The van der Waals surface area contributed by atoms with Crippen LogP contribution in [0.1, 0.15) is 18.5 Å². The van der Waals surface area contributed by atoms with E-state index in [1.165, 1.54) is 0 Å². The van der Waals surface area contributed by atoms with Gasteiger partial charge in [-0.2, -0.15) is 0 Å². The molecule has 1 aliphatic rings. The minimum atomic E-state index is 0.439. The molecule has 16 heavy (non-hydrogen) atoms. The van der Waals surface area contributed by atoms with Gasteiger partial charge in [0.1, 0.15) is 5.82 Å². The van der Waals surface area contributed by atoms with Crippen LogP contribution < -0.4 is 10.6 Å². The maximum atomic E-state index is 5.49.